The first-order valence-electron chi connectivity index (χ1n) is 5.70. The zero-order valence-corrected chi connectivity index (χ0v) is 12.2. The maximum Gasteiger partial charge on any atom is 0.159 e. The minimum absolute atomic E-state index is 0.430. The van der Waals surface area contributed by atoms with Gasteiger partial charge < -0.3 is 5.11 Å². The van der Waals surface area contributed by atoms with E-state index in [1.165, 1.54) is 0 Å². The predicted octanol–water partition coefficient (Wildman–Crippen LogP) is 3.44. The molecule has 0 fully saturated rings. The fourth-order valence-electron chi connectivity index (χ4n) is 1.67. The van der Waals surface area contributed by atoms with Crippen molar-refractivity contribution in [3.05, 3.63) is 46.3 Å². The second kappa shape index (κ2) is 4.78. The zero-order valence-electron chi connectivity index (χ0n) is 10.6. The molecule has 2 aromatic rings. The van der Waals surface area contributed by atoms with E-state index in [4.69, 9.17) is 0 Å². The molecule has 3 nitrogen and oxygen atoms in total. The lowest BCUT2D eigenvalue weighted by Crippen LogP contribution is -2.19. The topological polar surface area (TPSA) is 46.0 Å². The van der Waals surface area contributed by atoms with Crippen LogP contribution in [0.2, 0.25) is 0 Å². The molecule has 1 aromatic carbocycles. The first-order chi connectivity index (χ1) is 8.38. The Labute approximate surface area is 115 Å². The Hall–Kier alpha value is -1.26. The Balaban J connectivity index is 2.55. The van der Waals surface area contributed by atoms with Crippen molar-refractivity contribution in [1.29, 1.82) is 0 Å². The van der Waals surface area contributed by atoms with Crippen LogP contribution in [0.15, 0.2) is 34.9 Å². The highest BCUT2D eigenvalue weighted by molar-refractivity contribution is 9.10. The van der Waals surface area contributed by atoms with Crippen molar-refractivity contribution >= 4 is 15.9 Å². The van der Waals surface area contributed by atoms with Crippen LogP contribution in [0.4, 0.5) is 0 Å². The Morgan fingerprint density at radius 1 is 1.22 bits per heavy atom. The molecular formula is C14H15BrN2O. The summed E-state index contributed by atoms with van der Waals surface area (Å²) in [6.45, 7) is 5.40. The lowest BCUT2D eigenvalue weighted by Gasteiger charge is -2.16. The maximum atomic E-state index is 9.95. The van der Waals surface area contributed by atoms with E-state index < -0.39 is 5.60 Å². The number of rotatable bonds is 2. The van der Waals surface area contributed by atoms with Gasteiger partial charge in [-0.05, 0) is 44.5 Å². The fourth-order valence-corrected chi connectivity index (χ4v) is 2.03. The van der Waals surface area contributed by atoms with Crippen LogP contribution in [0.5, 0.6) is 0 Å². The van der Waals surface area contributed by atoms with Gasteiger partial charge >= 0.3 is 0 Å². The van der Waals surface area contributed by atoms with Crippen molar-refractivity contribution in [2.24, 2.45) is 0 Å². The summed E-state index contributed by atoms with van der Waals surface area (Å²) in [4.78, 5) is 8.55. The van der Waals surface area contributed by atoms with Crippen LogP contribution in [0.25, 0.3) is 11.3 Å². The summed E-state index contributed by atoms with van der Waals surface area (Å²) in [7, 11) is 0. The molecule has 0 unspecified atom stereocenters. The van der Waals surface area contributed by atoms with Crippen LogP contribution in [-0.4, -0.2) is 15.1 Å². The number of benzene rings is 1. The van der Waals surface area contributed by atoms with Crippen molar-refractivity contribution in [2.75, 3.05) is 0 Å². The summed E-state index contributed by atoms with van der Waals surface area (Å²) in [6, 6.07) is 7.90. The fraction of sp³-hybridized carbons (Fsp3) is 0.286. The zero-order chi connectivity index (χ0) is 13.3. The third-order valence-corrected chi connectivity index (χ3v) is 3.17. The van der Waals surface area contributed by atoms with Crippen molar-refractivity contribution in [3.8, 4) is 11.3 Å². The summed E-state index contributed by atoms with van der Waals surface area (Å²) in [5, 5.41) is 9.95. The van der Waals surface area contributed by atoms with E-state index in [2.05, 4.69) is 25.9 Å². The lowest BCUT2D eigenvalue weighted by molar-refractivity contribution is 0.0688. The molecule has 0 bridgehead atoms. The van der Waals surface area contributed by atoms with Gasteiger partial charge in [0.2, 0.25) is 0 Å². The molecule has 0 aliphatic rings. The molecule has 94 valence electrons. The standard InChI is InChI=1S/C14H15BrN2O/c1-9-4-5-10(15)8-11(9)12-6-7-16-13(17-12)14(2,3)18/h4-8,18H,1-3H3. The molecular weight excluding hydrogens is 292 g/mol. The van der Waals surface area contributed by atoms with Gasteiger partial charge in [0.15, 0.2) is 5.82 Å². The average molecular weight is 307 g/mol. The molecule has 0 saturated heterocycles. The minimum Gasteiger partial charge on any atom is -0.382 e. The van der Waals surface area contributed by atoms with Gasteiger partial charge in [0.05, 0.1) is 5.69 Å². The van der Waals surface area contributed by atoms with Crippen LogP contribution in [0.3, 0.4) is 0 Å². The van der Waals surface area contributed by atoms with Gasteiger partial charge in [-0.1, -0.05) is 22.0 Å². The van der Waals surface area contributed by atoms with Gasteiger partial charge in [-0.25, -0.2) is 9.97 Å². The van der Waals surface area contributed by atoms with E-state index in [-0.39, 0.29) is 0 Å². The number of aromatic nitrogens is 2. The molecule has 18 heavy (non-hydrogen) atoms. The van der Waals surface area contributed by atoms with Crippen LogP contribution in [0, 0.1) is 6.92 Å². The maximum absolute atomic E-state index is 9.95. The molecule has 2 rings (SSSR count). The third-order valence-electron chi connectivity index (χ3n) is 2.68. The van der Waals surface area contributed by atoms with E-state index in [0.29, 0.717) is 5.82 Å². The van der Waals surface area contributed by atoms with Gasteiger partial charge in [-0.2, -0.15) is 0 Å². The molecule has 0 radical (unpaired) electrons. The van der Waals surface area contributed by atoms with Gasteiger partial charge in [-0.15, -0.1) is 0 Å². The van der Waals surface area contributed by atoms with E-state index in [9.17, 15) is 5.11 Å². The van der Waals surface area contributed by atoms with E-state index in [0.717, 1.165) is 21.3 Å². The van der Waals surface area contributed by atoms with Crippen molar-refractivity contribution in [1.82, 2.24) is 9.97 Å². The molecule has 1 aromatic heterocycles. The highest BCUT2D eigenvalue weighted by Gasteiger charge is 2.20. The second-order valence-electron chi connectivity index (χ2n) is 4.78. The number of hydrogen-bond acceptors (Lipinski definition) is 3. The number of aliphatic hydroxyl groups is 1. The first-order valence-corrected chi connectivity index (χ1v) is 6.49. The first kappa shape index (κ1) is 13.2. The van der Waals surface area contributed by atoms with Crippen LogP contribution in [0.1, 0.15) is 25.2 Å². The highest BCUT2D eigenvalue weighted by Crippen LogP contribution is 2.26. The summed E-state index contributed by atoms with van der Waals surface area (Å²) >= 11 is 3.46. The second-order valence-corrected chi connectivity index (χ2v) is 5.70. The van der Waals surface area contributed by atoms with E-state index in [1.807, 2.05) is 31.2 Å². The molecule has 0 spiro atoms. The Bertz CT molecular complexity index is 576. The molecule has 0 aliphatic heterocycles. The van der Waals surface area contributed by atoms with Crippen molar-refractivity contribution in [3.63, 3.8) is 0 Å². The minimum atomic E-state index is -1.03. The molecule has 0 atom stereocenters. The van der Waals surface area contributed by atoms with Crippen molar-refractivity contribution in [2.45, 2.75) is 26.4 Å². The molecule has 0 amide bonds. The van der Waals surface area contributed by atoms with E-state index in [1.54, 1.807) is 20.0 Å². The van der Waals surface area contributed by atoms with E-state index >= 15 is 0 Å². The average Bonchev–Trinajstić information content (AvgIpc) is 2.31. The number of aryl methyl sites for hydroxylation is 1. The van der Waals surface area contributed by atoms with Gasteiger partial charge in [-0.3, -0.25) is 0 Å². The van der Waals surface area contributed by atoms with Crippen molar-refractivity contribution < 1.29 is 5.11 Å². The van der Waals surface area contributed by atoms with Crippen LogP contribution in [-0.2, 0) is 5.60 Å². The molecule has 1 heterocycles. The van der Waals surface area contributed by atoms with Crippen LogP contribution >= 0.6 is 15.9 Å². The number of halogens is 1. The lowest BCUT2D eigenvalue weighted by atomic mass is 10.0. The smallest absolute Gasteiger partial charge is 0.159 e. The summed E-state index contributed by atoms with van der Waals surface area (Å²) in [6.07, 6.45) is 1.68. The third kappa shape index (κ3) is 2.76. The summed E-state index contributed by atoms with van der Waals surface area (Å²) in [5.41, 5.74) is 1.97. The van der Waals surface area contributed by atoms with Gasteiger partial charge in [0.25, 0.3) is 0 Å². The summed E-state index contributed by atoms with van der Waals surface area (Å²) < 4.78 is 1.01. The number of hydrogen-bond donors (Lipinski definition) is 1. The molecule has 0 aliphatic carbocycles. The Morgan fingerprint density at radius 2 is 1.94 bits per heavy atom. The highest BCUT2D eigenvalue weighted by atomic mass is 79.9. The molecule has 4 heteroatoms. The number of nitrogens with zero attached hydrogens (tertiary/aromatic N) is 2. The van der Waals surface area contributed by atoms with Gasteiger partial charge in [0, 0.05) is 16.2 Å². The SMILES string of the molecule is Cc1ccc(Br)cc1-c1ccnc(C(C)(C)O)n1. The summed E-state index contributed by atoms with van der Waals surface area (Å²) in [5.74, 6) is 0.430. The Morgan fingerprint density at radius 3 is 2.61 bits per heavy atom. The normalized spacial score (nSPS) is 11.6. The van der Waals surface area contributed by atoms with Gasteiger partial charge in [0.1, 0.15) is 5.60 Å². The predicted molar refractivity (Wildman–Crippen MR) is 75.1 cm³/mol. The largest absolute Gasteiger partial charge is 0.382 e. The molecule has 0 saturated carbocycles. The Kier molecular flexibility index (Phi) is 3.50. The molecule has 1 N–H and O–H groups in total. The monoisotopic (exact) mass is 306 g/mol. The van der Waals surface area contributed by atoms with Crippen LogP contribution < -0.4 is 0 Å². The quantitative estimate of drug-likeness (QED) is 0.924.